The van der Waals surface area contributed by atoms with Gasteiger partial charge in [0.1, 0.15) is 11.4 Å². The summed E-state index contributed by atoms with van der Waals surface area (Å²) >= 11 is 6.22. The summed E-state index contributed by atoms with van der Waals surface area (Å²) in [6.07, 6.45) is 0. The van der Waals surface area contributed by atoms with Crippen molar-refractivity contribution in [2.24, 2.45) is 10.2 Å². The number of methoxy groups -OCH3 is 1. The molecule has 0 radical (unpaired) electrons. The lowest BCUT2D eigenvalue weighted by Crippen LogP contribution is -2.12. The lowest BCUT2D eigenvalue weighted by atomic mass is 10.0. The summed E-state index contributed by atoms with van der Waals surface area (Å²) in [5.74, 6) is -0.159. The summed E-state index contributed by atoms with van der Waals surface area (Å²) in [4.78, 5) is 12.9. The van der Waals surface area contributed by atoms with Gasteiger partial charge >= 0.3 is 0 Å². The van der Waals surface area contributed by atoms with Crippen molar-refractivity contribution in [3.63, 3.8) is 0 Å². The van der Waals surface area contributed by atoms with Crippen LogP contribution in [-0.4, -0.2) is 18.1 Å². The summed E-state index contributed by atoms with van der Waals surface area (Å²) in [6, 6.07) is 21.4. The molecule has 0 unspecified atom stereocenters. The predicted molar refractivity (Wildman–Crippen MR) is 127 cm³/mol. The first-order valence-electron chi connectivity index (χ1n) is 9.85. The van der Waals surface area contributed by atoms with Crippen molar-refractivity contribution >= 4 is 45.3 Å². The highest BCUT2D eigenvalue weighted by molar-refractivity contribution is 6.32. The number of anilines is 1. The summed E-state index contributed by atoms with van der Waals surface area (Å²) in [7, 11) is 1.54. The van der Waals surface area contributed by atoms with E-state index >= 15 is 0 Å². The number of nitrogens with zero attached hydrogens (tertiary/aromatic N) is 2. The number of amides is 1. The van der Waals surface area contributed by atoms with Gasteiger partial charge in [-0.15, -0.1) is 5.11 Å². The van der Waals surface area contributed by atoms with Crippen LogP contribution in [0.3, 0.4) is 0 Å². The highest BCUT2D eigenvalue weighted by atomic mass is 35.5. The van der Waals surface area contributed by atoms with Crippen LogP contribution in [0.15, 0.2) is 83.0 Å². The number of aromatic hydroxyl groups is 1. The maximum Gasteiger partial charge on any atom is 0.259 e. The number of halogens is 1. The Kier molecular flexibility index (Phi) is 6.05. The molecule has 7 heteroatoms. The summed E-state index contributed by atoms with van der Waals surface area (Å²) in [6.45, 7) is 1.86. The minimum Gasteiger partial charge on any atom is -0.505 e. The molecule has 32 heavy (non-hydrogen) atoms. The molecule has 4 aromatic carbocycles. The minimum absolute atomic E-state index is 0.103. The number of fused-ring (bicyclic) bond motifs is 1. The summed E-state index contributed by atoms with van der Waals surface area (Å²) < 4.78 is 5.22. The zero-order valence-corrected chi connectivity index (χ0v) is 18.2. The van der Waals surface area contributed by atoms with E-state index in [4.69, 9.17) is 16.3 Å². The van der Waals surface area contributed by atoms with Gasteiger partial charge in [-0.25, -0.2) is 0 Å². The van der Waals surface area contributed by atoms with E-state index in [0.29, 0.717) is 27.5 Å². The number of carbonyl (C=O) groups excluding carboxylic acids is 1. The van der Waals surface area contributed by atoms with E-state index in [1.54, 1.807) is 30.3 Å². The van der Waals surface area contributed by atoms with Crippen LogP contribution in [0.5, 0.6) is 11.5 Å². The van der Waals surface area contributed by atoms with Gasteiger partial charge in [0, 0.05) is 11.1 Å². The van der Waals surface area contributed by atoms with E-state index in [9.17, 15) is 9.90 Å². The summed E-state index contributed by atoms with van der Waals surface area (Å²) in [5.41, 5.74) is 2.26. The molecule has 0 aliphatic rings. The smallest absolute Gasteiger partial charge is 0.259 e. The molecule has 0 saturated carbocycles. The van der Waals surface area contributed by atoms with Crippen molar-refractivity contribution in [3.8, 4) is 11.5 Å². The molecule has 0 aliphatic heterocycles. The maximum absolute atomic E-state index is 12.9. The van der Waals surface area contributed by atoms with Crippen LogP contribution in [0, 0.1) is 6.92 Å². The molecule has 0 atom stereocenters. The lowest BCUT2D eigenvalue weighted by molar-refractivity contribution is 0.102. The number of ether oxygens (including phenoxy) is 1. The number of hydrogen-bond donors (Lipinski definition) is 2. The Morgan fingerprint density at radius 3 is 2.47 bits per heavy atom. The van der Waals surface area contributed by atoms with Gasteiger partial charge in [0.05, 0.1) is 23.4 Å². The van der Waals surface area contributed by atoms with Crippen LogP contribution in [0.1, 0.15) is 15.9 Å². The number of azo groups is 1. The SMILES string of the molecule is COc1cc(C)c(/N=N/c2c(O)c(C(=O)Nc3ccccc3)cc3ccccc23)cc1Cl. The average molecular weight is 446 g/mol. The maximum atomic E-state index is 12.9. The molecule has 0 bridgehead atoms. The van der Waals surface area contributed by atoms with E-state index in [0.717, 1.165) is 10.9 Å². The van der Waals surface area contributed by atoms with Crippen molar-refractivity contribution in [3.05, 3.63) is 88.9 Å². The molecular weight excluding hydrogens is 426 g/mol. The monoisotopic (exact) mass is 445 g/mol. The molecule has 6 nitrogen and oxygen atoms in total. The van der Waals surface area contributed by atoms with E-state index in [-0.39, 0.29) is 17.0 Å². The Morgan fingerprint density at radius 2 is 1.72 bits per heavy atom. The Balaban J connectivity index is 1.79. The number of hydrogen-bond acceptors (Lipinski definition) is 5. The highest BCUT2D eigenvalue weighted by Gasteiger charge is 2.18. The second-order valence-corrected chi connectivity index (χ2v) is 7.54. The third-order valence-corrected chi connectivity index (χ3v) is 5.29. The number of benzene rings is 4. The van der Waals surface area contributed by atoms with Crippen LogP contribution in [0.25, 0.3) is 10.8 Å². The molecule has 0 aromatic heterocycles. The zero-order valence-electron chi connectivity index (χ0n) is 17.5. The number of phenols is 1. The van der Waals surface area contributed by atoms with Gasteiger partial charge in [-0.2, -0.15) is 5.11 Å². The molecule has 2 N–H and O–H groups in total. The third-order valence-electron chi connectivity index (χ3n) is 5.00. The second-order valence-electron chi connectivity index (χ2n) is 7.14. The second kappa shape index (κ2) is 9.08. The Hall–Kier alpha value is -3.90. The Morgan fingerprint density at radius 1 is 1.00 bits per heavy atom. The summed E-state index contributed by atoms with van der Waals surface area (Å²) in [5, 5.41) is 24.2. The fourth-order valence-electron chi connectivity index (χ4n) is 3.32. The van der Waals surface area contributed by atoms with Gasteiger partial charge in [0.15, 0.2) is 5.75 Å². The lowest BCUT2D eigenvalue weighted by Gasteiger charge is -2.11. The van der Waals surface area contributed by atoms with Crippen molar-refractivity contribution in [1.29, 1.82) is 0 Å². The van der Waals surface area contributed by atoms with E-state index in [1.807, 2.05) is 49.4 Å². The molecule has 4 rings (SSSR count). The number of aryl methyl sites for hydroxylation is 1. The number of rotatable bonds is 5. The molecule has 0 spiro atoms. The van der Waals surface area contributed by atoms with Gasteiger partial charge in [-0.05, 0) is 48.2 Å². The Labute approximate surface area is 190 Å². The molecule has 0 heterocycles. The van der Waals surface area contributed by atoms with Crippen LogP contribution in [0.2, 0.25) is 5.02 Å². The first-order valence-corrected chi connectivity index (χ1v) is 10.2. The molecular formula is C25H20ClN3O3. The molecule has 160 valence electrons. The average Bonchev–Trinajstić information content (AvgIpc) is 2.80. The van der Waals surface area contributed by atoms with Gasteiger partial charge in [-0.1, -0.05) is 54.1 Å². The van der Waals surface area contributed by atoms with E-state index in [1.165, 1.54) is 7.11 Å². The molecule has 4 aromatic rings. The molecule has 0 fully saturated rings. The normalized spacial score (nSPS) is 11.1. The van der Waals surface area contributed by atoms with Gasteiger partial charge in [0.2, 0.25) is 0 Å². The zero-order chi connectivity index (χ0) is 22.7. The fourth-order valence-corrected chi connectivity index (χ4v) is 3.56. The van der Waals surface area contributed by atoms with Crippen molar-refractivity contribution in [1.82, 2.24) is 0 Å². The predicted octanol–water partition coefficient (Wildman–Crippen LogP) is 7.18. The van der Waals surface area contributed by atoms with E-state index in [2.05, 4.69) is 15.5 Å². The quantitative estimate of drug-likeness (QED) is 0.319. The number of phenolic OH excluding ortho intramolecular Hbond substituents is 1. The van der Waals surface area contributed by atoms with Crippen LogP contribution < -0.4 is 10.1 Å². The van der Waals surface area contributed by atoms with Crippen molar-refractivity contribution < 1.29 is 14.6 Å². The number of carbonyl (C=O) groups is 1. The van der Waals surface area contributed by atoms with Crippen LogP contribution in [-0.2, 0) is 0 Å². The molecule has 0 saturated heterocycles. The topological polar surface area (TPSA) is 83.3 Å². The van der Waals surface area contributed by atoms with Gasteiger partial charge in [-0.3, -0.25) is 4.79 Å². The fraction of sp³-hybridized carbons (Fsp3) is 0.0800. The van der Waals surface area contributed by atoms with Crippen LogP contribution >= 0.6 is 11.6 Å². The largest absolute Gasteiger partial charge is 0.505 e. The van der Waals surface area contributed by atoms with Crippen LogP contribution in [0.4, 0.5) is 17.1 Å². The molecule has 0 aliphatic carbocycles. The van der Waals surface area contributed by atoms with Gasteiger partial charge < -0.3 is 15.2 Å². The van der Waals surface area contributed by atoms with E-state index < -0.39 is 5.91 Å². The standard InChI is InChI=1S/C25H20ClN3O3/c1-15-12-22(32-2)20(26)14-21(15)28-29-23-18-11-7-6-8-16(18)13-19(24(23)30)25(31)27-17-9-4-3-5-10-17/h3-14,30H,1-2H3,(H,27,31)/b29-28+. The third kappa shape index (κ3) is 4.26. The first kappa shape index (κ1) is 21.3. The number of nitrogens with one attached hydrogen (secondary N) is 1. The first-order chi connectivity index (χ1) is 15.5. The Bertz CT molecular complexity index is 1340. The van der Waals surface area contributed by atoms with Crippen molar-refractivity contribution in [2.75, 3.05) is 12.4 Å². The van der Waals surface area contributed by atoms with Gasteiger partial charge in [0.25, 0.3) is 5.91 Å². The number of para-hydroxylation sites is 1. The highest BCUT2D eigenvalue weighted by Crippen LogP contribution is 2.40. The van der Waals surface area contributed by atoms with Crippen molar-refractivity contribution in [2.45, 2.75) is 6.92 Å². The minimum atomic E-state index is -0.445. The molecule has 1 amide bonds.